The van der Waals surface area contributed by atoms with Crippen molar-refractivity contribution in [2.24, 2.45) is 0 Å². The molecule has 1 aliphatic rings. The number of rotatable bonds is 3. The van der Waals surface area contributed by atoms with Crippen molar-refractivity contribution in [1.82, 2.24) is 15.2 Å². The first-order valence-corrected chi connectivity index (χ1v) is 6.29. The van der Waals surface area contributed by atoms with Gasteiger partial charge in [-0.3, -0.25) is 4.98 Å². The molecule has 2 heterocycles. The maximum Gasteiger partial charge on any atom is 0.326 e. The first-order chi connectivity index (χ1) is 9.09. The van der Waals surface area contributed by atoms with Crippen LogP contribution in [0.3, 0.4) is 0 Å². The molecule has 1 aromatic heterocycles. The van der Waals surface area contributed by atoms with Gasteiger partial charge in [0.15, 0.2) is 0 Å². The summed E-state index contributed by atoms with van der Waals surface area (Å²) in [7, 11) is 0. The summed E-state index contributed by atoms with van der Waals surface area (Å²) in [4.78, 5) is 28.4. The highest BCUT2D eigenvalue weighted by Crippen LogP contribution is 2.19. The van der Waals surface area contributed by atoms with Crippen molar-refractivity contribution in [3.05, 3.63) is 30.1 Å². The molecule has 2 atom stereocenters. The maximum absolute atomic E-state index is 12.1. The second-order valence-electron chi connectivity index (χ2n) is 4.64. The number of aliphatic carboxylic acids is 1. The molecule has 1 aromatic rings. The fourth-order valence-electron chi connectivity index (χ4n) is 2.27. The smallest absolute Gasteiger partial charge is 0.326 e. The van der Waals surface area contributed by atoms with Crippen LogP contribution in [0.1, 0.15) is 31.4 Å². The molecule has 0 spiro atoms. The number of nitrogens with zero attached hydrogens (tertiary/aromatic N) is 2. The highest BCUT2D eigenvalue weighted by molar-refractivity contribution is 5.83. The van der Waals surface area contributed by atoms with E-state index in [0.717, 1.165) is 12.0 Å². The number of aromatic nitrogens is 1. The van der Waals surface area contributed by atoms with Crippen molar-refractivity contribution in [2.75, 3.05) is 6.54 Å². The number of carboxylic acid groups (broad SMARTS) is 1. The Bertz CT molecular complexity index is 463. The lowest BCUT2D eigenvalue weighted by Crippen LogP contribution is -2.46. The molecule has 2 rings (SSSR count). The van der Waals surface area contributed by atoms with Crippen molar-refractivity contribution in [3.8, 4) is 0 Å². The van der Waals surface area contributed by atoms with Crippen LogP contribution in [0.15, 0.2) is 24.5 Å². The molecule has 19 heavy (non-hydrogen) atoms. The highest BCUT2D eigenvalue weighted by Gasteiger charge is 2.34. The summed E-state index contributed by atoms with van der Waals surface area (Å²) in [6.07, 6.45) is 4.57. The van der Waals surface area contributed by atoms with Gasteiger partial charge in [-0.2, -0.15) is 0 Å². The van der Waals surface area contributed by atoms with Crippen LogP contribution in [0.4, 0.5) is 4.79 Å². The highest BCUT2D eigenvalue weighted by atomic mass is 16.4. The van der Waals surface area contributed by atoms with E-state index in [2.05, 4.69) is 10.3 Å². The Kier molecular flexibility index (Phi) is 3.99. The molecule has 0 radical (unpaired) electrons. The van der Waals surface area contributed by atoms with Gasteiger partial charge in [-0.15, -0.1) is 0 Å². The molecular weight excluding hydrogens is 246 g/mol. The van der Waals surface area contributed by atoms with Crippen molar-refractivity contribution in [3.63, 3.8) is 0 Å². The van der Waals surface area contributed by atoms with E-state index < -0.39 is 12.0 Å². The molecule has 0 aromatic carbocycles. The first kappa shape index (κ1) is 13.3. The van der Waals surface area contributed by atoms with Crippen molar-refractivity contribution >= 4 is 12.0 Å². The summed E-state index contributed by atoms with van der Waals surface area (Å²) in [6, 6.07) is 2.44. The standard InChI is InChI=1S/C13H17N3O3/c1-9(10-4-6-14-7-5-10)15-13(19)16-8-2-3-11(16)12(17)18/h4-7,9,11H,2-3,8H2,1H3,(H,15,19)(H,17,18)/t9?,11-/m0/s1. The van der Waals surface area contributed by atoms with Crippen LogP contribution in [0, 0.1) is 0 Å². The van der Waals surface area contributed by atoms with Crippen LogP contribution >= 0.6 is 0 Å². The van der Waals surface area contributed by atoms with E-state index in [1.54, 1.807) is 12.4 Å². The number of likely N-dealkylation sites (tertiary alicyclic amines) is 1. The number of carboxylic acids is 1. The Hall–Kier alpha value is -2.11. The molecule has 6 nitrogen and oxygen atoms in total. The molecule has 2 amide bonds. The molecule has 0 aliphatic carbocycles. The van der Waals surface area contributed by atoms with E-state index >= 15 is 0 Å². The van der Waals surface area contributed by atoms with Gasteiger partial charge >= 0.3 is 12.0 Å². The number of carbonyl (C=O) groups is 2. The van der Waals surface area contributed by atoms with Gasteiger partial charge in [0.1, 0.15) is 6.04 Å². The minimum absolute atomic E-state index is 0.175. The predicted octanol–water partition coefficient (Wildman–Crippen LogP) is 1.40. The van der Waals surface area contributed by atoms with Crippen LogP contribution in [-0.2, 0) is 4.79 Å². The quantitative estimate of drug-likeness (QED) is 0.863. The third-order valence-corrected chi connectivity index (χ3v) is 3.34. The van der Waals surface area contributed by atoms with Gasteiger partial charge in [0.05, 0.1) is 6.04 Å². The van der Waals surface area contributed by atoms with Crippen LogP contribution in [0.5, 0.6) is 0 Å². The Balaban J connectivity index is 1.99. The number of hydrogen-bond acceptors (Lipinski definition) is 3. The largest absolute Gasteiger partial charge is 0.480 e. The van der Waals surface area contributed by atoms with Crippen molar-refractivity contribution in [1.29, 1.82) is 0 Å². The normalized spacial score (nSPS) is 20.1. The number of urea groups is 1. The number of amides is 2. The van der Waals surface area contributed by atoms with E-state index in [-0.39, 0.29) is 12.1 Å². The summed E-state index contributed by atoms with van der Waals surface area (Å²) in [5.41, 5.74) is 0.939. The second-order valence-corrected chi connectivity index (χ2v) is 4.64. The molecule has 6 heteroatoms. The lowest BCUT2D eigenvalue weighted by atomic mass is 10.1. The fraction of sp³-hybridized carbons (Fsp3) is 0.462. The molecule has 1 unspecified atom stereocenters. The van der Waals surface area contributed by atoms with Crippen LogP contribution in [0.2, 0.25) is 0 Å². The zero-order chi connectivity index (χ0) is 13.8. The molecule has 0 saturated carbocycles. The zero-order valence-corrected chi connectivity index (χ0v) is 10.7. The summed E-state index contributed by atoms with van der Waals surface area (Å²) >= 11 is 0. The van der Waals surface area contributed by atoms with Crippen molar-refractivity contribution in [2.45, 2.75) is 31.8 Å². The van der Waals surface area contributed by atoms with Gasteiger partial charge in [-0.25, -0.2) is 9.59 Å². The van der Waals surface area contributed by atoms with E-state index in [0.29, 0.717) is 13.0 Å². The molecule has 102 valence electrons. The van der Waals surface area contributed by atoms with Gasteiger partial charge in [0.25, 0.3) is 0 Å². The zero-order valence-electron chi connectivity index (χ0n) is 10.7. The second kappa shape index (κ2) is 5.69. The number of carbonyl (C=O) groups excluding carboxylic acids is 1. The van der Waals surface area contributed by atoms with Gasteiger partial charge < -0.3 is 15.3 Å². The fourth-order valence-corrected chi connectivity index (χ4v) is 2.27. The Morgan fingerprint density at radius 3 is 2.79 bits per heavy atom. The third-order valence-electron chi connectivity index (χ3n) is 3.34. The number of pyridine rings is 1. The summed E-state index contributed by atoms with van der Waals surface area (Å²) in [5, 5.41) is 11.9. The Labute approximate surface area is 111 Å². The topological polar surface area (TPSA) is 82.5 Å². The predicted molar refractivity (Wildman–Crippen MR) is 68.5 cm³/mol. The summed E-state index contributed by atoms with van der Waals surface area (Å²) < 4.78 is 0. The van der Waals surface area contributed by atoms with Gasteiger partial charge in [-0.1, -0.05) is 0 Å². The molecular formula is C13H17N3O3. The minimum Gasteiger partial charge on any atom is -0.480 e. The Morgan fingerprint density at radius 2 is 2.16 bits per heavy atom. The van der Waals surface area contributed by atoms with Crippen LogP contribution in [-0.4, -0.2) is 39.6 Å². The molecule has 1 aliphatic heterocycles. The van der Waals surface area contributed by atoms with E-state index in [1.165, 1.54) is 4.90 Å². The average molecular weight is 263 g/mol. The third kappa shape index (κ3) is 3.01. The Morgan fingerprint density at radius 1 is 1.47 bits per heavy atom. The SMILES string of the molecule is CC(NC(=O)N1CCC[C@H]1C(=O)O)c1ccncc1. The molecule has 1 fully saturated rings. The van der Waals surface area contributed by atoms with Gasteiger partial charge in [0.2, 0.25) is 0 Å². The van der Waals surface area contributed by atoms with Crippen LogP contribution < -0.4 is 5.32 Å². The number of nitrogens with one attached hydrogen (secondary N) is 1. The molecule has 2 N–H and O–H groups in total. The molecule has 0 bridgehead atoms. The lowest BCUT2D eigenvalue weighted by molar-refractivity contribution is -0.141. The van der Waals surface area contributed by atoms with Gasteiger partial charge in [0, 0.05) is 18.9 Å². The average Bonchev–Trinajstić information content (AvgIpc) is 2.89. The van der Waals surface area contributed by atoms with Gasteiger partial charge in [-0.05, 0) is 37.5 Å². The van der Waals surface area contributed by atoms with E-state index in [9.17, 15) is 9.59 Å². The monoisotopic (exact) mass is 263 g/mol. The van der Waals surface area contributed by atoms with E-state index in [4.69, 9.17) is 5.11 Å². The van der Waals surface area contributed by atoms with Crippen molar-refractivity contribution < 1.29 is 14.7 Å². The maximum atomic E-state index is 12.1. The number of hydrogen-bond donors (Lipinski definition) is 2. The molecule has 1 saturated heterocycles. The van der Waals surface area contributed by atoms with E-state index in [1.807, 2.05) is 19.1 Å². The summed E-state index contributed by atoms with van der Waals surface area (Å²) in [6.45, 7) is 2.35. The summed E-state index contributed by atoms with van der Waals surface area (Å²) in [5.74, 6) is -0.941. The van der Waals surface area contributed by atoms with Crippen LogP contribution in [0.25, 0.3) is 0 Å². The first-order valence-electron chi connectivity index (χ1n) is 6.29. The minimum atomic E-state index is -0.941. The lowest BCUT2D eigenvalue weighted by Gasteiger charge is -2.24.